The van der Waals surface area contributed by atoms with E-state index in [4.69, 9.17) is 41.7 Å². The highest BCUT2D eigenvalue weighted by atomic mass is 35.8. The Morgan fingerprint density at radius 2 is 1.58 bits per heavy atom. The molecule has 8 nitrogen and oxygen atoms in total. The number of Topliss-reactive ketones (excluding diaryl/α,β-unsaturated/α-hetero) is 1. The molecule has 0 spiro atoms. The van der Waals surface area contributed by atoms with Crippen LogP contribution in [0.25, 0.3) is 22.1 Å². The first-order valence-corrected chi connectivity index (χ1v) is 16.3. The Hall–Kier alpha value is -1.99. The SMILES string of the molecule is C.O=C(Cl)CCCn1c(=O)[nH]c2ccccc21.O=C1CCCn2c(=O)[nH]c3cccc1c32.[Cl][Al]([Cl])[Cl]. The first kappa shape index (κ1) is 30.2. The first-order chi connectivity index (χ1) is 16.7. The molecular formula is C23H25AlCl4N4O4. The lowest BCUT2D eigenvalue weighted by atomic mass is 10.1. The second-order valence-corrected chi connectivity index (χ2v) is 14.5. The summed E-state index contributed by atoms with van der Waals surface area (Å²) >= 11 is 3.52. The molecule has 192 valence electrons. The number of H-pyrrole nitrogens is 2. The lowest BCUT2D eigenvalue weighted by Gasteiger charge is -2.00. The summed E-state index contributed by atoms with van der Waals surface area (Å²) in [6, 6.07) is 12.9. The van der Waals surface area contributed by atoms with Crippen LogP contribution in [-0.4, -0.2) is 41.5 Å². The number of ketones is 1. The Morgan fingerprint density at radius 1 is 0.944 bits per heavy atom. The summed E-state index contributed by atoms with van der Waals surface area (Å²) in [6.07, 6.45) is 2.12. The van der Waals surface area contributed by atoms with Gasteiger partial charge in [-0.15, -0.1) is 0 Å². The molecule has 0 aliphatic carbocycles. The molecule has 1 aliphatic rings. The maximum Gasteiger partial charge on any atom is 0.643 e. The Kier molecular flexibility index (Phi) is 11.8. The van der Waals surface area contributed by atoms with Crippen LogP contribution in [0.2, 0.25) is 0 Å². The van der Waals surface area contributed by atoms with E-state index < -0.39 is 11.4 Å². The molecule has 2 N–H and O–H groups in total. The molecule has 0 saturated heterocycles. The van der Waals surface area contributed by atoms with Gasteiger partial charge in [0, 0.05) is 31.5 Å². The third-order valence-electron chi connectivity index (χ3n) is 5.32. The number of nitrogens with one attached hydrogen (secondary N) is 2. The van der Waals surface area contributed by atoms with E-state index in [0.717, 1.165) is 28.5 Å². The third kappa shape index (κ3) is 7.75. The number of aromatic nitrogens is 4. The van der Waals surface area contributed by atoms with E-state index in [0.29, 0.717) is 31.5 Å². The van der Waals surface area contributed by atoms with Crippen LogP contribution in [0.5, 0.6) is 0 Å². The van der Waals surface area contributed by atoms with Crippen LogP contribution in [0.3, 0.4) is 0 Å². The van der Waals surface area contributed by atoms with Gasteiger partial charge in [-0.1, -0.05) is 25.6 Å². The topological polar surface area (TPSA) is 110 Å². The standard InChI is InChI=1S/C11H11ClN2O2.C11H10N2O2.CH4.Al.3ClH/c12-10(15)6-3-7-14-9-5-2-1-4-8(9)13-11(14)16;14-9-5-2-6-13-10-7(9)3-1-4-8(10)12-11(13)15;;;;;/h1-2,4-5H,3,6-7H2,(H,13,16);1,3-4H,2,5-6H2,(H,12,15);1H4;;3*1H/q;;;+3;;;/p-3. The lowest BCUT2D eigenvalue weighted by molar-refractivity contribution is -0.111. The van der Waals surface area contributed by atoms with Crippen LogP contribution in [0.15, 0.2) is 52.1 Å². The molecule has 13 heteroatoms. The smallest absolute Gasteiger partial charge is 0.306 e. The van der Waals surface area contributed by atoms with E-state index in [-0.39, 0.29) is 36.3 Å². The Labute approximate surface area is 229 Å². The molecular weight excluding hydrogens is 565 g/mol. The van der Waals surface area contributed by atoms with Crippen LogP contribution in [0.4, 0.5) is 0 Å². The van der Waals surface area contributed by atoms with E-state index in [9.17, 15) is 19.2 Å². The van der Waals surface area contributed by atoms with Gasteiger partial charge < -0.3 is 9.97 Å². The Balaban J connectivity index is 0.000000216. The van der Waals surface area contributed by atoms with E-state index >= 15 is 0 Å². The van der Waals surface area contributed by atoms with Gasteiger partial charge in [-0.3, -0.25) is 18.7 Å². The van der Waals surface area contributed by atoms with Crippen molar-refractivity contribution < 1.29 is 9.59 Å². The highest BCUT2D eigenvalue weighted by Gasteiger charge is 2.19. The van der Waals surface area contributed by atoms with Gasteiger partial charge in [0.2, 0.25) is 5.24 Å². The highest BCUT2D eigenvalue weighted by Crippen LogP contribution is 2.21. The van der Waals surface area contributed by atoms with Crippen molar-refractivity contribution in [3.8, 4) is 0 Å². The number of aryl methyl sites for hydroxylation is 2. The number of fused-ring (bicyclic) bond motifs is 1. The zero-order chi connectivity index (χ0) is 25.5. The molecule has 3 heterocycles. The average Bonchev–Trinajstić information content (AvgIpc) is 3.22. The molecule has 2 aromatic heterocycles. The number of para-hydroxylation sites is 3. The summed E-state index contributed by atoms with van der Waals surface area (Å²) in [5.41, 5.74) is 3.59. The van der Waals surface area contributed by atoms with E-state index in [1.165, 1.54) is 0 Å². The van der Waals surface area contributed by atoms with E-state index in [1.807, 2.05) is 30.3 Å². The van der Waals surface area contributed by atoms with Gasteiger partial charge in [0.15, 0.2) is 5.78 Å². The van der Waals surface area contributed by atoms with Gasteiger partial charge in [0.05, 0.1) is 22.1 Å². The third-order valence-corrected chi connectivity index (χ3v) is 5.50. The van der Waals surface area contributed by atoms with Crippen molar-refractivity contribution in [3.05, 3.63) is 69.0 Å². The van der Waals surface area contributed by atoms with E-state index in [1.54, 1.807) is 21.3 Å². The molecule has 0 radical (unpaired) electrons. The predicted octanol–water partition coefficient (Wildman–Crippen LogP) is 5.51. The molecule has 5 rings (SSSR count). The fraction of sp³-hybridized carbons (Fsp3) is 0.304. The molecule has 0 unspecified atom stereocenters. The number of nitrogens with zero attached hydrogens (tertiary/aromatic N) is 2. The largest absolute Gasteiger partial charge is 0.643 e. The monoisotopic (exact) mass is 588 g/mol. The number of carbonyl (C=O) groups excluding carboxylic acids is 2. The van der Waals surface area contributed by atoms with Crippen molar-refractivity contribution in [1.29, 1.82) is 0 Å². The average molecular weight is 590 g/mol. The van der Waals surface area contributed by atoms with Gasteiger partial charge in [-0.25, -0.2) is 39.7 Å². The van der Waals surface area contributed by atoms with Crippen molar-refractivity contribution >= 4 is 86.2 Å². The summed E-state index contributed by atoms with van der Waals surface area (Å²) < 4.78 is 3.28. The number of hydrogen-bond acceptors (Lipinski definition) is 4. The minimum Gasteiger partial charge on any atom is -0.306 e. The summed E-state index contributed by atoms with van der Waals surface area (Å²) in [5.74, 6) is 0.130. The van der Waals surface area contributed by atoms with Crippen LogP contribution in [-0.2, 0) is 17.9 Å². The number of halogens is 4. The maximum atomic E-state index is 11.8. The van der Waals surface area contributed by atoms with Gasteiger partial charge in [0.1, 0.15) is 0 Å². The summed E-state index contributed by atoms with van der Waals surface area (Å²) in [6.45, 7) is 1.13. The number of carbonyl (C=O) groups is 2. The van der Waals surface area contributed by atoms with Gasteiger partial charge in [-0.2, -0.15) is 0 Å². The van der Waals surface area contributed by atoms with Crippen LogP contribution < -0.4 is 11.4 Å². The normalized spacial score (nSPS) is 12.1. The zero-order valence-corrected chi connectivity index (χ0v) is 22.6. The molecule has 0 saturated carbocycles. The Bertz CT molecular complexity index is 1460. The highest BCUT2D eigenvalue weighted by molar-refractivity contribution is 7.54. The molecule has 2 aromatic carbocycles. The number of aromatic amines is 2. The molecule has 0 fully saturated rings. The fourth-order valence-corrected chi connectivity index (χ4v) is 4.03. The van der Waals surface area contributed by atoms with Crippen molar-refractivity contribution in [1.82, 2.24) is 19.1 Å². The molecule has 4 aromatic rings. The first-order valence-electron chi connectivity index (χ1n) is 10.7. The maximum absolute atomic E-state index is 11.8. The minimum absolute atomic E-state index is 0. The molecule has 0 atom stereocenters. The van der Waals surface area contributed by atoms with Gasteiger partial charge in [0.25, 0.3) is 0 Å². The van der Waals surface area contributed by atoms with Crippen LogP contribution >= 0.6 is 41.7 Å². The van der Waals surface area contributed by atoms with Crippen molar-refractivity contribution in [2.24, 2.45) is 0 Å². The lowest BCUT2D eigenvalue weighted by Crippen LogP contribution is -2.16. The summed E-state index contributed by atoms with van der Waals surface area (Å²) in [7, 11) is 14.8. The molecule has 1 aliphatic heterocycles. The fourth-order valence-electron chi connectivity index (χ4n) is 3.90. The van der Waals surface area contributed by atoms with Gasteiger partial charge in [-0.05, 0) is 48.7 Å². The van der Waals surface area contributed by atoms with Crippen molar-refractivity contribution in [2.45, 2.75) is 46.2 Å². The molecule has 0 amide bonds. The molecule has 36 heavy (non-hydrogen) atoms. The second kappa shape index (κ2) is 14.1. The van der Waals surface area contributed by atoms with E-state index in [2.05, 4.69) is 9.97 Å². The predicted molar refractivity (Wildman–Crippen MR) is 149 cm³/mol. The second-order valence-electron chi connectivity index (χ2n) is 7.62. The molecule has 0 bridgehead atoms. The number of hydrogen-bond donors (Lipinski definition) is 2. The zero-order valence-electron chi connectivity index (χ0n) is 18.4. The summed E-state index contributed by atoms with van der Waals surface area (Å²) in [5, 5.41) is -0.368. The van der Waals surface area contributed by atoms with Crippen molar-refractivity contribution in [3.63, 3.8) is 0 Å². The van der Waals surface area contributed by atoms with Crippen molar-refractivity contribution in [2.75, 3.05) is 0 Å². The van der Waals surface area contributed by atoms with Crippen LogP contribution in [0, 0.1) is 0 Å². The van der Waals surface area contributed by atoms with Gasteiger partial charge >= 0.3 is 22.8 Å². The quantitative estimate of drug-likeness (QED) is 0.242. The number of imidazole rings is 2. The number of rotatable bonds is 4. The summed E-state index contributed by atoms with van der Waals surface area (Å²) in [4.78, 5) is 51.1. The Morgan fingerprint density at radius 3 is 2.28 bits per heavy atom. The number of benzene rings is 2. The van der Waals surface area contributed by atoms with Crippen LogP contribution in [0.1, 0.15) is 43.5 Å². The minimum atomic E-state index is -1.72.